The number of quaternary nitrogens is 1. The summed E-state index contributed by atoms with van der Waals surface area (Å²) >= 11 is 0. The van der Waals surface area contributed by atoms with Gasteiger partial charge in [0.25, 0.3) is 5.91 Å². The van der Waals surface area contributed by atoms with E-state index in [0.29, 0.717) is 24.0 Å². The smallest absolute Gasteiger partial charge is 0.278 e. The zero-order valence-corrected chi connectivity index (χ0v) is 18.5. The van der Waals surface area contributed by atoms with Crippen molar-refractivity contribution in [1.82, 2.24) is 9.62 Å². The lowest BCUT2D eigenvalue weighted by atomic mass is 9.95. The average molecular weight is 411 g/mol. The Morgan fingerprint density at radius 2 is 1.68 bits per heavy atom. The Kier molecular flexibility index (Phi) is 8.46. The molecule has 1 amide bonds. The first kappa shape index (κ1) is 22.8. The number of sulfonamides is 1. The highest BCUT2D eigenvalue weighted by molar-refractivity contribution is 7.89. The van der Waals surface area contributed by atoms with Crippen molar-refractivity contribution in [3.8, 4) is 0 Å². The molecule has 1 aromatic rings. The zero-order valence-electron chi connectivity index (χ0n) is 17.6. The largest absolute Gasteiger partial charge is 0.348 e. The summed E-state index contributed by atoms with van der Waals surface area (Å²) < 4.78 is 26.6. The third-order valence-corrected chi connectivity index (χ3v) is 7.76. The number of hydrogen-bond acceptors (Lipinski definition) is 3. The van der Waals surface area contributed by atoms with Crippen LogP contribution in [0.2, 0.25) is 0 Å². The number of hydrogen-bond donors (Lipinski definition) is 2. The van der Waals surface area contributed by atoms with Crippen LogP contribution in [0.5, 0.6) is 0 Å². The van der Waals surface area contributed by atoms with E-state index in [1.807, 2.05) is 45.1 Å². The third kappa shape index (κ3) is 5.78. The fourth-order valence-corrected chi connectivity index (χ4v) is 5.33. The van der Waals surface area contributed by atoms with Gasteiger partial charge >= 0.3 is 0 Å². The van der Waals surface area contributed by atoms with Crippen LogP contribution in [0.15, 0.2) is 29.2 Å². The minimum atomic E-state index is -3.44. The molecule has 28 heavy (non-hydrogen) atoms. The molecule has 2 atom stereocenters. The fourth-order valence-electron chi connectivity index (χ4n) is 3.87. The predicted molar refractivity (Wildman–Crippen MR) is 111 cm³/mol. The number of nitrogens with one attached hydrogen (secondary N) is 1. The van der Waals surface area contributed by atoms with Crippen LogP contribution in [0.4, 0.5) is 0 Å². The van der Waals surface area contributed by atoms with Gasteiger partial charge in [-0.1, -0.05) is 45.2 Å². The molecule has 6 nitrogen and oxygen atoms in total. The van der Waals surface area contributed by atoms with E-state index in [9.17, 15) is 13.2 Å². The topological polar surface area (TPSA) is 83.1 Å². The molecule has 2 rings (SSSR count). The second-order valence-electron chi connectivity index (χ2n) is 7.77. The van der Waals surface area contributed by atoms with E-state index in [2.05, 4.69) is 5.32 Å². The van der Waals surface area contributed by atoms with Gasteiger partial charge in [-0.3, -0.25) is 4.79 Å². The van der Waals surface area contributed by atoms with E-state index in [1.165, 1.54) is 23.6 Å². The summed E-state index contributed by atoms with van der Waals surface area (Å²) in [5, 5.41) is 5.21. The Morgan fingerprint density at radius 3 is 2.21 bits per heavy atom. The van der Waals surface area contributed by atoms with E-state index in [-0.39, 0.29) is 18.0 Å². The quantitative estimate of drug-likeness (QED) is 0.654. The molecule has 0 radical (unpaired) electrons. The van der Waals surface area contributed by atoms with Gasteiger partial charge < -0.3 is 10.6 Å². The molecule has 1 aliphatic rings. The number of amides is 1. The van der Waals surface area contributed by atoms with Gasteiger partial charge in [-0.25, -0.2) is 8.42 Å². The molecule has 1 saturated carbocycles. The van der Waals surface area contributed by atoms with Gasteiger partial charge in [-0.05, 0) is 38.8 Å². The number of nitrogens with zero attached hydrogens (tertiary/aromatic N) is 1. The summed E-state index contributed by atoms with van der Waals surface area (Å²) in [7, 11) is -3.44. The lowest BCUT2D eigenvalue weighted by Crippen LogP contribution is -2.92. The van der Waals surface area contributed by atoms with Gasteiger partial charge in [0.1, 0.15) is 6.04 Å². The first-order chi connectivity index (χ1) is 13.3. The molecule has 0 bridgehead atoms. The second kappa shape index (κ2) is 10.4. The Bertz CT molecular complexity index is 724. The zero-order chi connectivity index (χ0) is 20.7. The predicted octanol–water partition coefficient (Wildman–Crippen LogP) is 2.18. The number of nitrogens with two attached hydrogens (primary N) is 1. The molecule has 0 spiro atoms. The van der Waals surface area contributed by atoms with E-state index in [0.717, 1.165) is 18.4 Å². The van der Waals surface area contributed by atoms with Crippen molar-refractivity contribution in [2.45, 2.75) is 82.8 Å². The Hall–Kier alpha value is -1.44. The lowest BCUT2D eigenvalue weighted by Gasteiger charge is -2.24. The maximum atomic E-state index is 12.6. The van der Waals surface area contributed by atoms with Crippen LogP contribution in [-0.4, -0.2) is 43.8 Å². The third-order valence-electron chi connectivity index (χ3n) is 5.69. The lowest BCUT2D eigenvalue weighted by molar-refractivity contribution is -0.710. The average Bonchev–Trinajstić information content (AvgIpc) is 2.69. The molecule has 3 N–H and O–H groups in total. The highest BCUT2D eigenvalue weighted by Crippen LogP contribution is 2.19. The monoisotopic (exact) mass is 410 g/mol. The van der Waals surface area contributed by atoms with Crippen LogP contribution in [-0.2, 0) is 14.8 Å². The highest BCUT2D eigenvalue weighted by Gasteiger charge is 2.25. The molecule has 1 fully saturated rings. The molecule has 0 aliphatic heterocycles. The van der Waals surface area contributed by atoms with Crippen molar-refractivity contribution < 1.29 is 18.5 Å². The molecule has 1 aliphatic carbocycles. The summed E-state index contributed by atoms with van der Waals surface area (Å²) in [6, 6.07) is 7.23. The van der Waals surface area contributed by atoms with E-state index in [4.69, 9.17) is 0 Å². The van der Waals surface area contributed by atoms with Gasteiger partial charge in [-0.15, -0.1) is 0 Å². The Morgan fingerprint density at radius 1 is 1.11 bits per heavy atom. The molecular formula is C21H36N3O3S+. The molecule has 0 aromatic heterocycles. The molecule has 0 saturated heterocycles. The Labute approximate surface area is 170 Å². The van der Waals surface area contributed by atoms with Crippen molar-refractivity contribution in [3.05, 3.63) is 29.8 Å². The van der Waals surface area contributed by atoms with Crippen molar-refractivity contribution in [2.24, 2.45) is 0 Å². The molecule has 0 unspecified atom stereocenters. The van der Waals surface area contributed by atoms with Crippen LogP contribution in [0.1, 0.15) is 71.4 Å². The molecule has 158 valence electrons. The minimum Gasteiger partial charge on any atom is -0.348 e. The number of carbonyl (C=O) groups is 1. The van der Waals surface area contributed by atoms with Gasteiger partial charge in [-0.2, -0.15) is 4.31 Å². The molecule has 1 aromatic carbocycles. The maximum Gasteiger partial charge on any atom is 0.278 e. The number of carbonyl (C=O) groups excluding carboxylic acids is 1. The summed E-state index contributed by atoms with van der Waals surface area (Å²) in [4.78, 5) is 12.8. The van der Waals surface area contributed by atoms with Gasteiger partial charge in [0.2, 0.25) is 10.0 Å². The van der Waals surface area contributed by atoms with Crippen LogP contribution < -0.4 is 10.6 Å². The fraction of sp³-hybridized carbons (Fsp3) is 0.667. The SMILES string of the molecule is CCN(CC)S(=O)(=O)c1ccc([C@@H](C)[NH2+][C@@H](C)C(=O)NC2CCCCC2)cc1. The summed E-state index contributed by atoms with van der Waals surface area (Å²) in [6.45, 7) is 8.56. The summed E-state index contributed by atoms with van der Waals surface area (Å²) in [6.07, 6.45) is 5.82. The minimum absolute atomic E-state index is 0.0670. The molecular weight excluding hydrogens is 374 g/mol. The van der Waals surface area contributed by atoms with Gasteiger partial charge in [0, 0.05) is 24.7 Å². The number of rotatable bonds is 9. The van der Waals surface area contributed by atoms with Crippen LogP contribution in [0.25, 0.3) is 0 Å². The molecule has 0 heterocycles. The highest BCUT2D eigenvalue weighted by atomic mass is 32.2. The number of benzene rings is 1. The van der Waals surface area contributed by atoms with Crippen LogP contribution in [0.3, 0.4) is 0 Å². The molecule has 7 heteroatoms. The van der Waals surface area contributed by atoms with E-state index < -0.39 is 10.0 Å². The van der Waals surface area contributed by atoms with Gasteiger partial charge in [0.15, 0.2) is 6.04 Å². The normalized spacial score (nSPS) is 18.0. The first-order valence-corrected chi connectivity index (χ1v) is 12.0. The van der Waals surface area contributed by atoms with E-state index in [1.54, 1.807) is 12.1 Å². The Balaban J connectivity index is 1.96. The van der Waals surface area contributed by atoms with E-state index >= 15 is 0 Å². The van der Waals surface area contributed by atoms with Gasteiger partial charge in [0.05, 0.1) is 4.90 Å². The van der Waals surface area contributed by atoms with Crippen molar-refractivity contribution in [3.63, 3.8) is 0 Å². The second-order valence-corrected chi connectivity index (χ2v) is 9.71. The van der Waals surface area contributed by atoms with Crippen molar-refractivity contribution >= 4 is 15.9 Å². The first-order valence-electron chi connectivity index (χ1n) is 10.5. The standard InChI is InChI=1S/C21H35N3O3S/c1-5-24(6-2)28(26,27)20-14-12-18(13-15-20)16(3)22-17(4)21(25)23-19-10-8-7-9-11-19/h12-17,19,22H,5-11H2,1-4H3,(H,23,25)/p+1/t16-,17+/m1/s1. The van der Waals surface area contributed by atoms with Crippen LogP contribution in [0, 0.1) is 0 Å². The summed E-state index contributed by atoms with van der Waals surface area (Å²) in [5.41, 5.74) is 1.01. The summed E-state index contributed by atoms with van der Waals surface area (Å²) in [5.74, 6) is 0.0829. The maximum absolute atomic E-state index is 12.6. The van der Waals surface area contributed by atoms with Crippen molar-refractivity contribution in [2.75, 3.05) is 13.1 Å². The van der Waals surface area contributed by atoms with Crippen LogP contribution >= 0.6 is 0 Å². The van der Waals surface area contributed by atoms with Crippen molar-refractivity contribution in [1.29, 1.82) is 0 Å².